The smallest absolute Gasteiger partial charge is 0.251 e. The third-order valence-electron chi connectivity index (χ3n) is 6.18. The van der Waals surface area contributed by atoms with Crippen LogP contribution in [0, 0.1) is 12.8 Å². The molecule has 3 aromatic rings. The summed E-state index contributed by atoms with van der Waals surface area (Å²) in [7, 11) is 1.91. The largest absolute Gasteiger partial charge is 0.489 e. The molecule has 2 atom stereocenters. The molecule has 0 radical (unpaired) electrons. The third-order valence-corrected chi connectivity index (χ3v) is 6.18. The van der Waals surface area contributed by atoms with E-state index in [4.69, 9.17) is 9.94 Å². The number of pyridine rings is 1. The van der Waals surface area contributed by atoms with Crippen molar-refractivity contribution in [1.82, 2.24) is 20.7 Å². The van der Waals surface area contributed by atoms with E-state index in [1.54, 1.807) is 29.7 Å². The summed E-state index contributed by atoms with van der Waals surface area (Å²) in [5.41, 5.74) is 5.26. The Bertz CT molecular complexity index is 1150. The Labute approximate surface area is 192 Å². The third kappa shape index (κ3) is 5.13. The maximum Gasteiger partial charge on any atom is 0.251 e. The number of carbonyl (C=O) groups excluding carboxylic acids is 2. The summed E-state index contributed by atoms with van der Waals surface area (Å²) < 4.78 is 5.99. The molecule has 0 spiro atoms. The second-order valence-electron chi connectivity index (χ2n) is 8.46. The van der Waals surface area contributed by atoms with Crippen molar-refractivity contribution in [3.8, 4) is 5.75 Å². The molecular formula is C25H28N4O4. The molecule has 1 aromatic heterocycles. The van der Waals surface area contributed by atoms with Gasteiger partial charge in [-0.15, -0.1) is 0 Å². The molecule has 8 heteroatoms. The maximum absolute atomic E-state index is 12.8. The molecule has 172 valence electrons. The van der Waals surface area contributed by atoms with Crippen molar-refractivity contribution in [2.45, 2.75) is 26.0 Å². The number of para-hydroxylation sites is 1. The molecule has 0 aliphatic carbocycles. The lowest BCUT2D eigenvalue weighted by molar-refractivity contribution is -0.135. The number of hydroxylamine groups is 1. The Kier molecular flexibility index (Phi) is 6.86. The normalized spacial score (nSPS) is 18.6. The Morgan fingerprint density at radius 3 is 2.70 bits per heavy atom. The Balaban J connectivity index is 1.41. The Morgan fingerprint density at radius 2 is 1.94 bits per heavy atom. The lowest BCUT2D eigenvalue weighted by Gasteiger charge is -2.35. The summed E-state index contributed by atoms with van der Waals surface area (Å²) in [6.07, 6.45) is 2.47. The van der Waals surface area contributed by atoms with Crippen LogP contribution in [0.4, 0.5) is 0 Å². The zero-order chi connectivity index (χ0) is 23.4. The highest BCUT2D eigenvalue weighted by molar-refractivity contribution is 5.95. The van der Waals surface area contributed by atoms with Gasteiger partial charge in [0.15, 0.2) is 0 Å². The van der Waals surface area contributed by atoms with Gasteiger partial charge in [0.1, 0.15) is 12.4 Å². The number of aromatic nitrogens is 1. The van der Waals surface area contributed by atoms with E-state index in [9.17, 15) is 9.59 Å². The average molecular weight is 449 g/mol. The highest BCUT2D eigenvalue weighted by Gasteiger charge is 2.34. The number of hydrogen-bond donors (Lipinski definition) is 3. The summed E-state index contributed by atoms with van der Waals surface area (Å²) in [4.78, 5) is 31.2. The zero-order valence-electron chi connectivity index (χ0n) is 18.7. The van der Waals surface area contributed by atoms with E-state index in [0.29, 0.717) is 30.9 Å². The minimum atomic E-state index is -0.515. The molecule has 33 heavy (non-hydrogen) atoms. The number of amides is 2. The summed E-state index contributed by atoms with van der Waals surface area (Å²) in [5.74, 6) is -0.611. The van der Waals surface area contributed by atoms with Gasteiger partial charge >= 0.3 is 0 Å². The van der Waals surface area contributed by atoms with Crippen molar-refractivity contribution in [1.29, 1.82) is 0 Å². The molecule has 1 fully saturated rings. The first-order valence-electron chi connectivity index (χ1n) is 11.0. The van der Waals surface area contributed by atoms with Crippen LogP contribution in [0.3, 0.4) is 0 Å². The van der Waals surface area contributed by atoms with Gasteiger partial charge in [-0.05, 0) is 62.8 Å². The number of nitrogens with one attached hydrogen (secondary N) is 2. The van der Waals surface area contributed by atoms with Gasteiger partial charge in [0.05, 0.1) is 11.4 Å². The van der Waals surface area contributed by atoms with Gasteiger partial charge in [0, 0.05) is 35.3 Å². The van der Waals surface area contributed by atoms with Crippen molar-refractivity contribution in [3.05, 3.63) is 71.4 Å². The predicted octanol–water partition coefficient (Wildman–Crippen LogP) is 2.68. The van der Waals surface area contributed by atoms with Gasteiger partial charge in [0.25, 0.3) is 5.91 Å². The van der Waals surface area contributed by atoms with Crippen LogP contribution >= 0.6 is 0 Å². The van der Waals surface area contributed by atoms with Crippen LogP contribution in [0.2, 0.25) is 0 Å². The number of aryl methyl sites for hydroxylation is 1. The molecule has 0 unspecified atom stereocenters. The first-order valence-corrected chi connectivity index (χ1v) is 11.0. The van der Waals surface area contributed by atoms with E-state index in [1.807, 2.05) is 49.3 Å². The van der Waals surface area contributed by atoms with Gasteiger partial charge in [-0.1, -0.05) is 18.2 Å². The highest BCUT2D eigenvalue weighted by atomic mass is 16.5. The Morgan fingerprint density at radius 1 is 1.18 bits per heavy atom. The fourth-order valence-electron chi connectivity index (χ4n) is 4.24. The number of carbonyl (C=O) groups is 2. The molecule has 2 aromatic carbocycles. The molecule has 1 aliphatic heterocycles. The van der Waals surface area contributed by atoms with E-state index < -0.39 is 11.8 Å². The number of hydrogen-bond acceptors (Lipinski definition) is 6. The average Bonchev–Trinajstić information content (AvgIpc) is 2.84. The number of rotatable bonds is 6. The second-order valence-corrected chi connectivity index (χ2v) is 8.46. The minimum Gasteiger partial charge on any atom is -0.489 e. The van der Waals surface area contributed by atoms with Crippen LogP contribution in [0.1, 0.15) is 27.9 Å². The highest BCUT2D eigenvalue weighted by Crippen LogP contribution is 2.23. The number of piperidine rings is 1. The van der Waals surface area contributed by atoms with Gasteiger partial charge in [0.2, 0.25) is 5.91 Å². The molecule has 3 N–H and O–H groups in total. The molecular weight excluding hydrogens is 420 g/mol. The van der Waals surface area contributed by atoms with Crippen LogP contribution in [-0.4, -0.2) is 53.1 Å². The first kappa shape index (κ1) is 22.7. The van der Waals surface area contributed by atoms with Gasteiger partial charge in [-0.25, -0.2) is 5.48 Å². The van der Waals surface area contributed by atoms with Gasteiger partial charge in [-0.3, -0.25) is 19.8 Å². The molecule has 2 heterocycles. The van der Waals surface area contributed by atoms with Crippen LogP contribution in [0.25, 0.3) is 10.9 Å². The fourth-order valence-corrected chi connectivity index (χ4v) is 4.24. The van der Waals surface area contributed by atoms with Crippen LogP contribution < -0.4 is 15.5 Å². The quantitative estimate of drug-likeness (QED) is 0.396. The van der Waals surface area contributed by atoms with Crippen molar-refractivity contribution in [2.24, 2.45) is 5.92 Å². The lowest BCUT2D eigenvalue weighted by Crippen LogP contribution is -2.54. The van der Waals surface area contributed by atoms with E-state index in [0.717, 1.165) is 28.6 Å². The number of ether oxygens (including phenoxy) is 1. The molecule has 1 saturated heterocycles. The molecule has 0 saturated carbocycles. The van der Waals surface area contributed by atoms with Crippen LogP contribution in [0.5, 0.6) is 5.75 Å². The van der Waals surface area contributed by atoms with Crippen molar-refractivity contribution in [3.63, 3.8) is 0 Å². The minimum absolute atomic E-state index is 0.261. The summed E-state index contributed by atoms with van der Waals surface area (Å²) in [6, 6.07) is 14.6. The van der Waals surface area contributed by atoms with E-state index in [2.05, 4.69) is 10.3 Å². The molecule has 8 nitrogen and oxygen atoms in total. The van der Waals surface area contributed by atoms with Gasteiger partial charge in [-0.2, -0.15) is 0 Å². The van der Waals surface area contributed by atoms with E-state index in [1.165, 1.54) is 0 Å². The number of likely N-dealkylation sites (tertiary alicyclic amines) is 1. The zero-order valence-corrected chi connectivity index (χ0v) is 18.7. The standard InChI is InChI=1S/C25H28N4O4/c1-16-13-26-22-6-4-3-5-19(22)21(16)15-33-18-9-7-17(8-10-18)24(30)27-23-11-12-29(2)14-20(23)25(31)28-32/h3-10,13,20,23,32H,11-12,14-15H2,1-2H3,(H,27,30)(H,28,31)/t20-,23+/m0/s1. The van der Waals surface area contributed by atoms with E-state index >= 15 is 0 Å². The van der Waals surface area contributed by atoms with Crippen molar-refractivity contribution >= 4 is 22.7 Å². The van der Waals surface area contributed by atoms with Crippen LogP contribution in [-0.2, 0) is 11.4 Å². The topological polar surface area (TPSA) is 104 Å². The fraction of sp³-hybridized carbons (Fsp3) is 0.320. The summed E-state index contributed by atoms with van der Waals surface area (Å²) in [6.45, 7) is 3.64. The lowest BCUT2D eigenvalue weighted by atomic mass is 9.91. The Hall–Kier alpha value is -3.49. The molecule has 0 bridgehead atoms. The predicted molar refractivity (Wildman–Crippen MR) is 124 cm³/mol. The first-order chi connectivity index (χ1) is 16.0. The maximum atomic E-state index is 12.8. The van der Waals surface area contributed by atoms with Gasteiger partial charge < -0.3 is 15.0 Å². The van der Waals surface area contributed by atoms with Crippen molar-refractivity contribution in [2.75, 3.05) is 20.1 Å². The molecule has 1 aliphatic rings. The summed E-state index contributed by atoms with van der Waals surface area (Å²) in [5, 5.41) is 13.0. The van der Waals surface area contributed by atoms with E-state index in [-0.39, 0.29) is 11.9 Å². The monoisotopic (exact) mass is 448 g/mol. The van der Waals surface area contributed by atoms with Crippen molar-refractivity contribution < 1.29 is 19.5 Å². The number of benzene rings is 2. The summed E-state index contributed by atoms with van der Waals surface area (Å²) >= 11 is 0. The second kappa shape index (κ2) is 9.97. The molecule has 2 amide bonds. The SMILES string of the molecule is Cc1cnc2ccccc2c1COc1ccc(C(=O)N[C@@H]2CCN(C)C[C@@H]2C(=O)NO)cc1. The van der Waals surface area contributed by atoms with Crippen LogP contribution in [0.15, 0.2) is 54.7 Å². The number of fused-ring (bicyclic) bond motifs is 1. The number of nitrogens with zero attached hydrogens (tertiary/aromatic N) is 2. The molecule has 4 rings (SSSR count).